The molecule has 2 aromatic carbocycles. The van der Waals surface area contributed by atoms with Crippen molar-refractivity contribution in [1.29, 1.82) is 0 Å². The Bertz CT molecular complexity index is 1060. The SMILES string of the molecule is CC(=O)O.O=C(c1ccccc1)c1ccnnc1.O=[Se]=O.c1ccc(Cc2ccnnc2)cc1. The van der Waals surface area contributed by atoms with Crippen LogP contribution in [-0.2, 0) is 18.9 Å². The summed E-state index contributed by atoms with van der Waals surface area (Å²) in [5, 5.41) is 22.3. The van der Waals surface area contributed by atoms with Gasteiger partial charge in [-0.1, -0.05) is 60.7 Å². The fourth-order valence-electron chi connectivity index (χ4n) is 2.44. The van der Waals surface area contributed by atoms with E-state index in [-0.39, 0.29) is 5.78 Å². The first kappa shape index (κ1) is 27.9. The number of carbonyl (C=O) groups excluding carboxylic acids is 1. The molecule has 1 N–H and O–H groups in total. The summed E-state index contributed by atoms with van der Waals surface area (Å²) in [6.07, 6.45) is 7.42. The number of hydrogen-bond donors (Lipinski definition) is 1. The first-order valence-corrected chi connectivity index (χ1v) is 11.1. The van der Waals surface area contributed by atoms with Gasteiger partial charge < -0.3 is 5.11 Å². The van der Waals surface area contributed by atoms with Crippen LogP contribution < -0.4 is 0 Å². The number of aliphatic carboxylic acids is 1. The molecular weight excluding hydrogens is 503 g/mol. The van der Waals surface area contributed by atoms with Crippen molar-refractivity contribution < 1.29 is 22.4 Å². The van der Waals surface area contributed by atoms with Crippen molar-refractivity contribution in [2.45, 2.75) is 13.3 Å². The number of carboxylic acids is 1. The average Bonchev–Trinajstić information content (AvgIpc) is 2.86. The zero-order valence-electron chi connectivity index (χ0n) is 18.2. The summed E-state index contributed by atoms with van der Waals surface area (Å²) in [4.78, 5) is 20.8. The van der Waals surface area contributed by atoms with E-state index in [9.17, 15) is 4.79 Å². The summed E-state index contributed by atoms with van der Waals surface area (Å²) >= 11 is -1.62. The molecule has 10 heteroatoms. The van der Waals surface area contributed by atoms with Gasteiger partial charge in [-0.2, -0.15) is 20.4 Å². The molecule has 0 spiro atoms. The van der Waals surface area contributed by atoms with Gasteiger partial charge in [0, 0.05) is 24.2 Å². The van der Waals surface area contributed by atoms with Crippen molar-refractivity contribution in [2.24, 2.45) is 0 Å². The van der Waals surface area contributed by atoms with Crippen LogP contribution >= 0.6 is 0 Å². The van der Waals surface area contributed by atoms with E-state index in [1.54, 1.807) is 30.6 Å². The van der Waals surface area contributed by atoms with Crippen molar-refractivity contribution in [3.63, 3.8) is 0 Å². The normalized spacial score (nSPS) is 8.85. The number of hydrogen-bond acceptors (Lipinski definition) is 8. The van der Waals surface area contributed by atoms with Gasteiger partial charge in [0.05, 0.1) is 18.6 Å². The van der Waals surface area contributed by atoms with Gasteiger partial charge in [-0.3, -0.25) is 9.59 Å². The van der Waals surface area contributed by atoms with Crippen LogP contribution in [0.25, 0.3) is 0 Å². The molecule has 0 amide bonds. The summed E-state index contributed by atoms with van der Waals surface area (Å²) in [6.45, 7) is 1.08. The Morgan fingerprint density at radius 3 is 1.68 bits per heavy atom. The Balaban J connectivity index is 0.000000269. The van der Waals surface area contributed by atoms with Gasteiger partial charge in [-0.15, -0.1) is 0 Å². The van der Waals surface area contributed by atoms with Gasteiger partial charge in [0.1, 0.15) is 0 Å². The standard InChI is InChI=1S/C11H8N2O.C11H10N2.C2H4O2.O2Se/c14-11(9-4-2-1-3-5-9)10-6-7-12-13-8-10;1-2-4-10(5-3-1)8-11-6-7-12-13-9-11;1-2(3)4;1-3-2/h1-8H;1-7,9H,8H2;1H3,(H,3,4);. The molecule has 0 fully saturated rings. The van der Waals surface area contributed by atoms with Crippen LogP contribution in [0.4, 0.5) is 0 Å². The van der Waals surface area contributed by atoms with Crippen molar-refractivity contribution in [2.75, 3.05) is 0 Å². The summed E-state index contributed by atoms with van der Waals surface area (Å²) < 4.78 is 16.9. The third-order valence-electron chi connectivity index (χ3n) is 3.78. The van der Waals surface area contributed by atoms with Gasteiger partial charge in [-0.05, 0) is 29.7 Å². The average molecular weight is 525 g/mol. The van der Waals surface area contributed by atoms with Gasteiger partial charge in [0.15, 0.2) is 5.78 Å². The summed E-state index contributed by atoms with van der Waals surface area (Å²) in [5.74, 6) is -0.861. The predicted molar refractivity (Wildman–Crippen MR) is 124 cm³/mol. The Hall–Kier alpha value is -4.14. The zero-order valence-corrected chi connectivity index (χ0v) is 19.9. The van der Waals surface area contributed by atoms with Crippen LogP contribution in [0.2, 0.25) is 0 Å². The van der Waals surface area contributed by atoms with Gasteiger partial charge in [0.2, 0.25) is 0 Å². The number of carboxylic acid groups (broad SMARTS) is 1. The van der Waals surface area contributed by atoms with Crippen molar-refractivity contribution in [3.8, 4) is 0 Å². The van der Waals surface area contributed by atoms with E-state index in [2.05, 4.69) is 32.5 Å². The number of benzene rings is 2. The van der Waals surface area contributed by atoms with Crippen LogP contribution in [0.3, 0.4) is 0 Å². The maximum Gasteiger partial charge on any atom is 0.0531 e. The van der Waals surface area contributed by atoms with Crippen LogP contribution in [0, 0.1) is 0 Å². The van der Waals surface area contributed by atoms with Gasteiger partial charge in [-0.25, -0.2) is 0 Å². The van der Waals surface area contributed by atoms with Crippen molar-refractivity contribution in [3.05, 3.63) is 120 Å². The molecule has 0 aliphatic rings. The van der Waals surface area contributed by atoms with Crippen LogP contribution in [-0.4, -0.2) is 52.1 Å². The molecule has 0 saturated heterocycles. The molecule has 2 aromatic heterocycles. The fraction of sp³-hybridized carbons (Fsp3) is 0.0833. The minimum atomic E-state index is -1.62. The Morgan fingerprint density at radius 2 is 1.21 bits per heavy atom. The summed E-state index contributed by atoms with van der Waals surface area (Å²) in [5.41, 5.74) is 3.73. The van der Waals surface area contributed by atoms with Gasteiger partial charge in [0.25, 0.3) is 5.97 Å². The second-order valence-electron chi connectivity index (χ2n) is 6.33. The largest absolute Gasteiger partial charge is 0.159 e. The molecule has 34 heavy (non-hydrogen) atoms. The molecular formula is C24H22N4O5Se. The molecule has 2 heterocycles. The Labute approximate surface area is 202 Å². The van der Waals surface area contributed by atoms with E-state index in [1.165, 1.54) is 23.5 Å². The zero-order chi connectivity index (χ0) is 25.0. The van der Waals surface area contributed by atoms with E-state index < -0.39 is 20.8 Å². The second-order valence-corrected chi connectivity index (χ2v) is 6.61. The van der Waals surface area contributed by atoms with E-state index in [0.717, 1.165) is 13.3 Å². The summed E-state index contributed by atoms with van der Waals surface area (Å²) in [7, 11) is 0. The van der Waals surface area contributed by atoms with E-state index >= 15 is 0 Å². The van der Waals surface area contributed by atoms with E-state index in [4.69, 9.17) is 17.6 Å². The molecule has 0 atom stereocenters. The molecule has 4 aromatic rings. The number of carbonyl (C=O) groups is 2. The maximum absolute atomic E-state index is 11.8. The number of aromatic nitrogens is 4. The monoisotopic (exact) mass is 526 g/mol. The molecule has 0 unspecified atom stereocenters. The first-order chi connectivity index (χ1) is 16.5. The molecule has 4 rings (SSSR count). The predicted octanol–water partition coefficient (Wildman–Crippen LogP) is 3.25. The third-order valence-corrected chi connectivity index (χ3v) is 3.78. The number of ketones is 1. The van der Waals surface area contributed by atoms with Crippen molar-refractivity contribution in [1.82, 2.24) is 20.4 Å². The Morgan fingerprint density at radius 1 is 0.706 bits per heavy atom. The summed E-state index contributed by atoms with van der Waals surface area (Å²) in [6, 6.07) is 23.1. The van der Waals surface area contributed by atoms with Crippen molar-refractivity contribution >= 4 is 26.6 Å². The molecule has 0 aliphatic heterocycles. The van der Waals surface area contributed by atoms with Gasteiger partial charge >= 0.3 is 22.5 Å². The molecule has 0 bridgehead atoms. The Kier molecular flexibility index (Phi) is 14.3. The van der Waals surface area contributed by atoms with E-state index in [0.29, 0.717) is 11.1 Å². The maximum atomic E-state index is 11.8. The molecule has 9 nitrogen and oxygen atoms in total. The smallest absolute Gasteiger partial charge is 0.0531 e. The topological polar surface area (TPSA) is 140 Å². The molecule has 174 valence electrons. The minimum Gasteiger partial charge on any atom is -0.159 e. The molecule has 0 saturated carbocycles. The number of rotatable bonds is 4. The minimum absolute atomic E-state index is 0.0273. The first-order valence-electron chi connectivity index (χ1n) is 9.75. The quantitative estimate of drug-likeness (QED) is 0.314. The number of nitrogens with zero attached hydrogens (tertiary/aromatic N) is 4. The van der Waals surface area contributed by atoms with Crippen LogP contribution in [0.5, 0.6) is 0 Å². The molecule has 0 radical (unpaired) electrons. The van der Waals surface area contributed by atoms with Crippen LogP contribution in [0.1, 0.15) is 34.0 Å². The second kappa shape index (κ2) is 17.4. The fourth-order valence-corrected chi connectivity index (χ4v) is 2.44. The van der Waals surface area contributed by atoms with E-state index in [1.807, 2.05) is 42.5 Å². The third kappa shape index (κ3) is 12.7. The molecule has 0 aliphatic carbocycles. The van der Waals surface area contributed by atoms with Crippen LogP contribution in [0.15, 0.2) is 97.6 Å².